The van der Waals surface area contributed by atoms with Crippen LogP contribution in [0.5, 0.6) is 0 Å². The molecule has 0 bridgehead atoms. The third-order valence-electron chi connectivity index (χ3n) is 3.18. The Bertz CT molecular complexity index is 761. The lowest BCUT2D eigenvalue weighted by Gasteiger charge is -2.08. The molecule has 0 fully saturated rings. The number of H-pyrrole nitrogens is 1. The van der Waals surface area contributed by atoms with Crippen LogP contribution in [-0.2, 0) is 7.05 Å². The minimum atomic E-state index is -0.211. The van der Waals surface area contributed by atoms with E-state index in [0.717, 1.165) is 21.6 Å². The highest BCUT2D eigenvalue weighted by Crippen LogP contribution is 2.26. The molecule has 6 heteroatoms. The van der Waals surface area contributed by atoms with E-state index < -0.39 is 0 Å². The van der Waals surface area contributed by atoms with Gasteiger partial charge in [-0.05, 0) is 13.0 Å². The van der Waals surface area contributed by atoms with Crippen LogP contribution < -0.4 is 0 Å². The van der Waals surface area contributed by atoms with Gasteiger partial charge in [-0.25, -0.2) is 0 Å². The molecule has 1 unspecified atom stereocenters. The number of para-hydroxylation sites is 1. The number of aryl methyl sites for hydroxylation is 1. The fraction of sp³-hybridized carbons (Fsp3) is 0.214. The van der Waals surface area contributed by atoms with Crippen LogP contribution in [0.1, 0.15) is 17.3 Å². The third kappa shape index (κ3) is 2.22. The Labute approximate surface area is 120 Å². The Morgan fingerprint density at radius 2 is 2.20 bits per heavy atom. The van der Waals surface area contributed by atoms with Crippen LogP contribution in [0, 0.1) is 0 Å². The molecule has 3 rings (SSSR count). The molecule has 2 heterocycles. The van der Waals surface area contributed by atoms with Crippen molar-refractivity contribution in [1.29, 1.82) is 0 Å². The van der Waals surface area contributed by atoms with Crippen LogP contribution in [0.3, 0.4) is 0 Å². The summed E-state index contributed by atoms with van der Waals surface area (Å²) in [6.45, 7) is 1.89. The van der Waals surface area contributed by atoms with Crippen molar-refractivity contribution in [2.45, 2.75) is 17.3 Å². The predicted molar refractivity (Wildman–Crippen MR) is 79.0 cm³/mol. The maximum absolute atomic E-state index is 12.6. The second-order valence-corrected chi connectivity index (χ2v) is 5.90. The van der Waals surface area contributed by atoms with Gasteiger partial charge < -0.3 is 9.55 Å². The average molecular weight is 286 g/mol. The van der Waals surface area contributed by atoms with Gasteiger partial charge >= 0.3 is 0 Å². The molecular formula is C14H14N4OS. The van der Waals surface area contributed by atoms with Crippen molar-refractivity contribution < 1.29 is 4.79 Å². The first-order valence-corrected chi connectivity index (χ1v) is 7.16. The van der Waals surface area contributed by atoms with Crippen LogP contribution in [-0.4, -0.2) is 30.8 Å². The quantitative estimate of drug-likeness (QED) is 0.591. The number of hydrogen-bond donors (Lipinski definition) is 1. The lowest BCUT2D eigenvalue weighted by atomic mass is 10.1. The highest BCUT2D eigenvalue weighted by Gasteiger charge is 2.21. The van der Waals surface area contributed by atoms with E-state index >= 15 is 0 Å². The van der Waals surface area contributed by atoms with Crippen molar-refractivity contribution >= 4 is 28.4 Å². The first-order valence-electron chi connectivity index (χ1n) is 6.28. The van der Waals surface area contributed by atoms with Gasteiger partial charge in [-0.2, -0.15) is 0 Å². The Morgan fingerprint density at radius 3 is 2.95 bits per heavy atom. The number of ketones is 1. The topological polar surface area (TPSA) is 63.6 Å². The Morgan fingerprint density at radius 1 is 1.40 bits per heavy atom. The maximum atomic E-state index is 12.6. The smallest absolute Gasteiger partial charge is 0.191 e. The van der Waals surface area contributed by atoms with E-state index in [1.807, 2.05) is 42.8 Å². The summed E-state index contributed by atoms with van der Waals surface area (Å²) in [5, 5.41) is 9.31. The summed E-state index contributed by atoms with van der Waals surface area (Å²) in [6, 6.07) is 7.81. The van der Waals surface area contributed by atoms with Crippen LogP contribution in [0.15, 0.2) is 41.9 Å². The summed E-state index contributed by atoms with van der Waals surface area (Å²) in [4.78, 5) is 15.7. The van der Waals surface area contributed by atoms with Crippen molar-refractivity contribution in [1.82, 2.24) is 19.7 Å². The van der Waals surface area contributed by atoms with Gasteiger partial charge in [-0.1, -0.05) is 30.0 Å². The maximum Gasteiger partial charge on any atom is 0.191 e. The van der Waals surface area contributed by atoms with Gasteiger partial charge in [0.25, 0.3) is 0 Å². The fourth-order valence-corrected chi connectivity index (χ4v) is 2.94. The molecule has 1 N–H and O–H groups in total. The number of carbonyl (C=O) groups is 1. The van der Waals surface area contributed by atoms with Gasteiger partial charge in [0.05, 0.1) is 5.25 Å². The first kappa shape index (κ1) is 12.9. The number of benzene rings is 1. The van der Waals surface area contributed by atoms with Crippen molar-refractivity contribution in [2.75, 3.05) is 0 Å². The predicted octanol–water partition coefficient (Wildman–Crippen LogP) is 2.66. The number of carbonyl (C=O) groups excluding carboxylic acids is 1. The van der Waals surface area contributed by atoms with E-state index in [0.29, 0.717) is 0 Å². The van der Waals surface area contributed by atoms with Crippen molar-refractivity contribution in [2.24, 2.45) is 7.05 Å². The summed E-state index contributed by atoms with van der Waals surface area (Å²) in [6.07, 6.45) is 3.41. The average Bonchev–Trinajstić information content (AvgIpc) is 3.05. The summed E-state index contributed by atoms with van der Waals surface area (Å²) >= 11 is 1.42. The van der Waals surface area contributed by atoms with E-state index in [2.05, 4.69) is 15.2 Å². The monoisotopic (exact) mass is 286 g/mol. The first-order chi connectivity index (χ1) is 9.66. The fourth-order valence-electron chi connectivity index (χ4n) is 2.09. The van der Waals surface area contributed by atoms with E-state index in [1.165, 1.54) is 11.8 Å². The van der Waals surface area contributed by atoms with Crippen molar-refractivity contribution in [3.63, 3.8) is 0 Å². The summed E-state index contributed by atoms with van der Waals surface area (Å²) < 4.78 is 1.81. The Hall–Kier alpha value is -2.08. The van der Waals surface area contributed by atoms with Gasteiger partial charge in [0.15, 0.2) is 10.9 Å². The summed E-state index contributed by atoms with van der Waals surface area (Å²) in [5.74, 6) is 0.0930. The highest BCUT2D eigenvalue weighted by molar-refractivity contribution is 8.00. The number of nitrogens with one attached hydrogen (secondary N) is 1. The zero-order chi connectivity index (χ0) is 14.1. The number of Topliss-reactive ketones (excluding diaryl/α,β-unsaturated/α-hetero) is 1. The van der Waals surface area contributed by atoms with E-state index in [-0.39, 0.29) is 11.0 Å². The summed E-state index contributed by atoms with van der Waals surface area (Å²) in [5.41, 5.74) is 1.70. The molecule has 0 aliphatic heterocycles. The van der Waals surface area contributed by atoms with E-state index in [9.17, 15) is 4.79 Å². The molecule has 20 heavy (non-hydrogen) atoms. The Balaban J connectivity index is 1.87. The van der Waals surface area contributed by atoms with Crippen molar-refractivity contribution in [3.05, 3.63) is 42.4 Å². The van der Waals surface area contributed by atoms with Gasteiger partial charge in [-0.15, -0.1) is 10.2 Å². The number of aromatic nitrogens is 4. The molecule has 0 saturated carbocycles. The molecule has 1 atom stereocenters. The molecule has 2 aromatic heterocycles. The zero-order valence-electron chi connectivity index (χ0n) is 11.2. The van der Waals surface area contributed by atoms with Crippen LogP contribution in [0.2, 0.25) is 0 Å². The van der Waals surface area contributed by atoms with Gasteiger partial charge in [-0.3, -0.25) is 4.79 Å². The molecule has 0 saturated heterocycles. The second kappa shape index (κ2) is 5.13. The third-order valence-corrected chi connectivity index (χ3v) is 4.32. The highest BCUT2D eigenvalue weighted by atomic mass is 32.2. The number of rotatable bonds is 4. The largest absolute Gasteiger partial charge is 0.360 e. The number of nitrogens with zero attached hydrogens (tertiary/aromatic N) is 3. The lowest BCUT2D eigenvalue weighted by Crippen LogP contribution is -2.14. The number of thioether (sulfide) groups is 1. The normalized spacial score (nSPS) is 12.7. The van der Waals surface area contributed by atoms with Crippen LogP contribution >= 0.6 is 11.8 Å². The lowest BCUT2D eigenvalue weighted by molar-refractivity contribution is 0.0995. The zero-order valence-corrected chi connectivity index (χ0v) is 12.0. The molecule has 0 aliphatic rings. The van der Waals surface area contributed by atoms with E-state index in [1.54, 1.807) is 12.5 Å². The molecular weight excluding hydrogens is 272 g/mol. The molecule has 5 nitrogen and oxygen atoms in total. The number of fused-ring (bicyclic) bond motifs is 1. The van der Waals surface area contributed by atoms with Gasteiger partial charge in [0.2, 0.25) is 0 Å². The van der Waals surface area contributed by atoms with Gasteiger partial charge in [0, 0.05) is 29.7 Å². The molecule has 0 spiro atoms. The minimum absolute atomic E-state index is 0.0930. The summed E-state index contributed by atoms with van der Waals surface area (Å²) in [7, 11) is 1.87. The molecule has 3 aromatic rings. The van der Waals surface area contributed by atoms with E-state index in [4.69, 9.17) is 0 Å². The number of aromatic amines is 1. The molecule has 0 amide bonds. The molecule has 0 radical (unpaired) electrons. The molecule has 1 aromatic carbocycles. The molecule has 0 aliphatic carbocycles. The Kier molecular flexibility index (Phi) is 3.31. The number of hydrogen-bond acceptors (Lipinski definition) is 4. The van der Waals surface area contributed by atoms with Crippen molar-refractivity contribution in [3.8, 4) is 0 Å². The minimum Gasteiger partial charge on any atom is -0.360 e. The van der Waals surface area contributed by atoms with Gasteiger partial charge in [0.1, 0.15) is 6.33 Å². The standard InChI is InChI=1S/C14H14N4OS/c1-9(20-14-17-16-8-18(14)2)13(19)11-7-15-12-6-4-3-5-10(11)12/h3-9,15H,1-2H3. The molecule has 102 valence electrons. The van der Waals surface area contributed by atoms with Crippen LogP contribution in [0.4, 0.5) is 0 Å². The SMILES string of the molecule is CC(Sc1nncn1C)C(=O)c1c[nH]c2ccccc12. The second-order valence-electron chi connectivity index (χ2n) is 4.60. The van der Waals surface area contributed by atoms with Crippen LogP contribution in [0.25, 0.3) is 10.9 Å².